The van der Waals surface area contributed by atoms with Crippen LogP contribution in [0.2, 0.25) is 5.02 Å². The number of carbonyl (C=O) groups is 1. The molecule has 6 nitrogen and oxygen atoms in total. The number of sulfonamides is 1. The van der Waals surface area contributed by atoms with E-state index in [4.69, 9.17) is 21.4 Å². The Kier molecular flexibility index (Phi) is 6.51. The fraction of sp³-hybridized carbons (Fsp3) is 0.208. The van der Waals surface area contributed by atoms with Gasteiger partial charge in [0.25, 0.3) is 10.0 Å². The van der Waals surface area contributed by atoms with Gasteiger partial charge in [-0.2, -0.15) is 0 Å². The topological polar surface area (TPSA) is 83.9 Å². The van der Waals surface area contributed by atoms with Crippen LogP contribution in [-0.4, -0.2) is 32.1 Å². The first kappa shape index (κ1) is 24.0. The summed E-state index contributed by atoms with van der Waals surface area (Å²) in [6.07, 6.45) is -0.810. The quantitative estimate of drug-likeness (QED) is 0.451. The van der Waals surface area contributed by atoms with E-state index in [2.05, 4.69) is 0 Å². The number of aliphatic carboxylic acids is 1. The lowest BCUT2D eigenvalue weighted by molar-refractivity contribution is -0.137. The highest BCUT2D eigenvalue weighted by Crippen LogP contribution is 2.42. The average Bonchev–Trinajstić information content (AvgIpc) is 2.79. The van der Waals surface area contributed by atoms with Gasteiger partial charge in [-0.05, 0) is 54.8 Å². The maximum atomic E-state index is 14.0. The summed E-state index contributed by atoms with van der Waals surface area (Å²) in [6, 6.07) is 12.5. The molecule has 0 aliphatic carbocycles. The second-order valence-electron chi connectivity index (χ2n) is 7.96. The zero-order chi connectivity index (χ0) is 24.6. The van der Waals surface area contributed by atoms with Crippen molar-refractivity contribution in [2.24, 2.45) is 0 Å². The Hall–Kier alpha value is -3.17. The molecule has 1 N–H and O–H groups in total. The third-order valence-corrected chi connectivity index (χ3v) is 7.61. The van der Waals surface area contributed by atoms with Crippen LogP contribution in [0.4, 0.5) is 14.5 Å². The molecular formula is C24H20ClF2NO5S. The van der Waals surface area contributed by atoms with Gasteiger partial charge in [0, 0.05) is 18.1 Å². The molecule has 3 aromatic rings. The molecule has 0 saturated heterocycles. The van der Waals surface area contributed by atoms with Crippen molar-refractivity contribution in [2.45, 2.75) is 30.8 Å². The fourth-order valence-corrected chi connectivity index (χ4v) is 5.63. The summed E-state index contributed by atoms with van der Waals surface area (Å²) in [5.74, 6) is -2.59. The number of benzene rings is 3. The van der Waals surface area contributed by atoms with Gasteiger partial charge < -0.3 is 9.84 Å². The molecule has 178 valence electrons. The predicted octanol–water partition coefficient (Wildman–Crippen LogP) is 5.41. The number of nitrogens with zero attached hydrogens (tertiary/aromatic N) is 1. The Labute approximate surface area is 200 Å². The molecule has 4 rings (SSSR count). The van der Waals surface area contributed by atoms with Crippen LogP contribution in [0.3, 0.4) is 0 Å². The maximum absolute atomic E-state index is 14.0. The number of aryl methyl sites for hydroxylation is 1. The van der Waals surface area contributed by atoms with E-state index in [0.717, 1.165) is 15.9 Å². The average molecular weight is 508 g/mol. The Balaban J connectivity index is 1.84. The Morgan fingerprint density at radius 3 is 2.65 bits per heavy atom. The standard InChI is InChI=1S/C24H20ClF2NO5S/c1-14-3-2-4-18(9-14)34(31,32)28-13-17(6-8-23(29)30)33-22-7-5-15(10-21(22)28)19-11-16(26)12-20(27)24(19)25/h2-5,7,9-12,17H,6,8,13H2,1H3,(H,29,30)/t17-/m1/s1. The first-order valence-electron chi connectivity index (χ1n) is 10.3. The Morgan fingerprint density at radius 2 is 1.94 bits per heavy atom. The normalized spacial score (nSPS) is 15.5. The van der Waals surface area contributed by atoms with Crippen LogP contribution in [0.15, 0.2) is 59.5 Å². The van der Waals surface area contributed by atoms with Gasteiger partial charge in [0.2, 0.25) is 0 Å². The molecule has 0 fully saturated rings. The lowest BCUT2D eigenvalue weighted by Gasteiger charge is -2.35. The molecule has 1 aliphatic rings. The van der Waals surface area contributed by atoms with E-state index < -0.39 is 33.7 Å². The van der Waals surface area contributed by atoms with Crippen LogP contribution >= 0.6 is 11.6 Å². The van der Waals surface area contributed by atoms with E-state index in [1.807, 2.05) is 0 Å². The summed E-state index contributed by atoms with van der Waals surface area (Å²) >= 11 is 6.06. The molecule has 0 aromatic heterocycles. The van der Waals surface area contributed by atoms with Crippen molar-refractivity contribution in [3.05, 3.63) is 76.8 Å². The fourth-order valence-electron chi connectivity index (χ4n) is 3.81. The minimum atomic E-state index is -4.07. The lowest BCUT2D eigenvalue weighted by atomic mass is 10.0. The zero-order valence-electron chi connectivity index (χ0n) is 18.0. The highest BCUT2D eigenvalue weighted by Gasteiger charge is 2.35. The van der Waals surface area contributed by atoms with Crippen molar-refractivity contribution < 1.29 is 31.8 Å². The molecule has 0 saturated carbocycles. The molecule has 34 heavy (non-hydrogen) atoms. The second-order valence-corrected chi connectivity index (χ2v) is 10.2. The van der Waals surface area contributed by atoms with E-state index >= 15 is 0 Å². The van der Waals surface area contributed by atoms with E-state index in [0.29, 0.717) is 11.6 Å². The van der Waals surface area contributed by atoms with Gasteiger partial charge in [-0.1, -0.05) is 29.8 Å². The van der Waals surface area contributed by atoms with Crippen molar-refractivity contribution in [3.63, 3.8) is 0 Å². The molecule has 0 radical (unpaired) electrons. The van der Waals surface area contributed by atoms with Crippen molar-refractivity contribution in [1.82, 2.24) is 0 Å². The van der Waals surface area contributed by atoms with Gasteiger partial charge in [0.1, 0.15) is 23.5 Å². The van der Waals surface area contributed by atoms with Crippen LogP contribution in [0.25, 0.3) is 11.1 Å². The molecule has 0 amide bonds. The molecule has 0 bridgehead atoms. The first-order valence-corrected chi connectivity index (χ1v) is 12.1. The van der Waals surface area contributed by atoms with E-state index in [-0.39, 0.29) is 46.3 Å². The number of hydrogen-bond acceptors (Lipinski definition) is 4. The van der Waals surface area contributed by atoms with Crippen molar-refractivity contribution in [1.29, 1.82) is 0 Å². The largest absolute Gasteiger partial charge is 0.486 e. The van der Waals surface area contributed by atoms with Crippen LogP contribution in [0, 0.1) is 18.6 Å². The molecule has 1 heterocycles. The zero-order valence-corrected chi connectivity index (χ0v) is 19.5. The summed E-state index contributed by atoms with van der Waals surface area (Å²) in [5.41, 5.74) is 1.25. The second kappa shape index (κ2) is 9.23. The van der Waals surface area contributed by atoms with Crippen LogP contribution < -0.4 is 9.04 Å². The number of rotatable bonds is 6. The highest BCUT2D eigenvalue weighted by molar-refractivity contribution is 7.92. The monoisotopic (exact) mass is 507 g/mol. The van der Waals surface area contributed by atoms with Crippen LogP contribution in [0.5, 0.6) is 5.75 Å². The predicted molar refractivity (Wildman–Crippen MR) is 124 cm³/mol. The van der Waals surface area contributed by atoms with Crippen molar-refractivity contribution in [2.75, 3.05) is 10.8 Å². The highest BCUT2D eigenvalue weighted by atomic mass is 35.5. The van der Waals surface area contributed by atoms with Gasteiger partial charge in [0.15, 0.2) is 0 Å². The minimum Gasteiger partial charge on any atom is -0.486 e. The van der Waals surface area contributed by atoms with Gasteiger partial charge in [-0.3, -0.25) is 9.10 Å². The molecule has 0 spiro atoms. The summed E-state index contributed by atoms with van der Waals surface area (Å²) < 4.78 is 62.2. The van der Waals surface area contributed by atoms with E-state index in [9.17, 15) is 22.0 Å². The summed E-state index contributed by atoms with van der Waals surface area (Å²) in [5, 5.41) is 8.75. The van der Waals surface area contributed by atoms with Crippen LogP contribution in [0.1, 0.15) is 18.4 Å². The number of ether oxygens (including phenoxy) is 1. The third-order valence-electron chi connectivity index (χ3n) is 5.45. The van der Waals surface area contributed by atoms with Crippen molar-refractivity contribution in [3.8, 4) is 16.9 Å². The first-order chi connectivity index (χ1) is 16.1. The number of carboxylic acids is 1. The molecule has 10 heteroatoms. The van der Waals surface area contributed by atoms with E-state index in [1.54, 1.807) is 19.1 Å². The maximum Gasteiger partial charge on any atom is 0.303 e. The minimum absolute atomic E-state index is 0.0533. The molecule has 0 unspecified atom stereocenters. The molecule has 3 aromatic carbocycles. The van der Waals surface area contributed by atoms with Gasteiger partial charge in [-0.15, -0.1) is 0 Å². The molecular weight excluding hydrogens is 488 g/mol. The number of anilines is 1. The van der Waals surface area contributed by atoms with Gasteiger partial charge >= 0.3 is 5.97 Å². The van der Waals surface area contributed by atoms with Crippen LogP contribution in [-0.2, 0) is 14.8 Å². The number of hydrogen-bond donors (Lipinski definition) is 1. The SMILES string of the molecule is Cc1cccc(S(=O)(=O)N2C[C@@H](CCC(=O)O)Oc3ccc(-c4cc(F)cc(F)c4Cl)cc32)c1. The molecule has 1 aliphatic heterocycles. The van der Waals surface area contributed by atoms with E-state index in [1.165, 1.54) is 30.3 Å². The summed E-state index contributed by atoms with van der Waals surface area (Å²) in [7, 11) is -4.07. The smallest absolute Gasteiger partial charge is 0.303 e. The summed E-state index contributed by atoms with van der Waals surface area (Å²) in [6.45, 7) is 1.63. The van der Waals surface area contributed by atoms with Crippen molar-refractivity contribution >= 4 is 33.3 Å². The van der Waals surface area contributed by atoms with Gasteiger partial charge in [0.05, 0.1) is 22.2 Å². The summed E-state index contributed by atoms with van der Waals surface area (Å²) in [4.78, 5) is 11.1. The Morgan fingerprint density at radius 1 is 1.18 bits per heavy atom. The number of carboxylic acid groups (broad SMARTS) is 1. The third kappa shape index (κ3) is 4.71. The number of fused-ring (bicyclic) bond motifs is 1. The Bertz CT molecular complexity index is 1380. The molecule has 1 atom stereocenters. The van der Waals surface area contributed by atoms with Gasteiger partial charge in [-0.25, -0.2) is 17.2 Å². The lowest BCUT2D eigenvalue weighted by Crippen LogP contribution is -2.43. The number of halogens is 3.